The molecule has 3 nitrogen and oxygen atoms in total. The molecule has 3 heteroatoms. The van der Waals surface area contributed by atoms with Crippen LogP contribution in [0.5, 0.6) is 5.75 Å². The van der Waals surface area contributed by atoms with Gasteiger partial charge in [-0.15, -0.1) is 0 Å². The summed E-state index contributed by atoms with van der Waals surface area (Å²) in [5.41, 5.74) is 7.22. The molecule has 3 aromatic carbocycles. The first-order chi connectivity index (χ1) is 12.6. The molecule has 0 saturated carbocycles. The second kappa shape index (κ2) is 6.34. The monoisotopic (exact) mass is 343 g/mol. The third-order valence-corrected chi connectivity index (χ3v) is 5.14. The maximum atomic E-state index is 12.7. The Morgan fingerprint density at radius 2 is 1.42 bits per heavy atom. The number of rotatable bonds is 2. The van der Waals surface area contributed by atoms with Crippen molar-refractivity contribution in [2.45, 2.75) is 26.9 Å². The highest BCUT2D eigenvalue weighted by atomic mass is 16.5. The Morgan fingerprint density at radius 3 is 2.08 bits per heavy atom. The van der Waals surface area contributed by atoms with Crippen LogP contribution in [0.3, 0.4) is 0 Å². The van der Waals surface area contributed by atoms with Crippen LogP contribution < -0.4 is 10.1 Å². The lowest BCUT2D eigenvalue weighted by atomic mass is 9.89. The van der Waals surface area contributed by atoms with Gasteiger partial charge in [0.1, 0.15) is 5.75 Å². The first-order valence-corrected chi connectivity index (χ1v) is 8.79. The zero-order chi connectivity index (χ0) is 18.3. The largest absolute Gasteiger partial charge is 0.473 e. The molecule has 4 rings (SSSR count). The molecular formula is C23H21NO2. The van der Waals surface area contributed by atoms with E-state index in [4.69, 9.17) is 4.74 Å². The number of fused-ring (bicyclic) bond motifs is 1. The van der Waals surface area contributed by atoms with E-state index in [0.717, 1.165) is 39.3 Å². The van der Waals surface area contributed by atoms with Crippen molar-refractivity contribution >= 4 is 11.6 Å². The minimum absolute atomic E-state index is 0.130. The molecule has 1 aliphatic rings. The maximum absolute atomic E-state index is 12.7. The van der Waals surface area contributed by atoms with Gasteiger partial charge >= 0.3 is 0 Å². The number of nitrogens with one attached hydrogen (secondary N) is 1. The summed E-state index contributed by atoms with van der Waals surface area (Å²) in [4.78, 5) is 12.7. The van der Waals surface area contributed by atoms with Crippen molar-refractivity contribution in [3.8, 4) is 16.9 Å². The molecule has 1 aliphatic heterocycles. The number of hydrogen-bond acceptors (Lipinski definition) is 2. The van der Waals surface area contributed by atoms with Crippen LogP contribution in [0.25, 0.3) is 11.1 Å². The molecule has 26 heavy (non-hydrogen) atoms. The molecule has 3 aromatic rings. The van der Waals surface area contributed by atoms with Gasteiger partial charge in [-0.2, -0.15) is 0 Å². The van der Waals surface area contributed by atoms with Crippen LogP contribution >= 0.6 is 0 Å². The second-order valence-electron chi connectivity index (χ2n) is 6.72. The molecule has 0 radical (unpaired) electrons. The Morgan fingerprint density at radius 1 is 0.808 bits per heavy atom. The van der Waals surface area contributed by atoms with E-state index in [9.17, 15) is 4.79 Å². The van der Waals surface area contributed by atoms with Gasteiger partial charge in [0, 0.05) is 5.56 Å². The number of ether oxygens (including phenoxy) is 1. The van der Waals surface area contributed by atoms with Crippen molar-refractivity contribution < 1.29 is 9.53 Å². The Kier molecular flexibility index (Phi) is 4.00. The Hall–Kier alpha value is -3.07. The number of benzene rings is 3. The summed E-state index contributed by atoms with van der Waals surface area (Å²) in [6.07, 6.45) is -0.622. The van der Waals surface area contributed by atoms with Crippen LogP contribution in [0.15, 0.2) is 60.7 Å². The summed E-state index contributed by atoms with van der Waals surface area (Å²) in [7, 11) is 0. The number of anilines is 1. The molecule has 1 heterocycles. The second-order valence-corrected chi connectivity index (χ2v) is 6.72. The average molecular weight is 343 g/mol. The highest BCUT2D eigenvalue weighted by Gasteiger charge is 2.32. The van der Waals surface area contributed by atoms with E-state index in [1.165, 1.54) is 5.56 Å². The van der Waals surface area contributed by atoms with Crippen LogP contribution in [0, 0.1) is 20.8 Å². The molecule has 0 fully saturated rings. The predicted octanol–water partition coefficient (Wildman–Crippen LogP) is 5.35. The van der Waals surface area contributed by atoms with Gasteiger partial charge in [-0.1, -0.05) is 60.7 Å². The number of carbonyl (C=O) groups is 1. The van der Waals surface area contributed by atoms with Crippen molar-refractivity contribution in [1.82, 2.24) is 0 Å². The highest BCUT2D eigenvalue weighted by molar-refractivity contribution is 6.01. The number of carbonyl (C=O) groups excluding carboxylic acids is 1. The average Bonchev–Trinajstić information content (AvgIpc) is 2.68. The molecule has 0 spiro atoms. The quantitative estimate of drug-likeness (QED) is 0.681. The lowest BCUT2D eigenvalue weighted by Crippen LogP contribution is -2.31. The molecule has 0 aliphatic carbocycles. The van der Waals surface area contributed by atoms with Crippen LogP contribution in [0.1, 0.15) is 28.4 Å². The fourth-order valence-corrected chi connectivity index (χ4v) is 3.66. The molecule has 0 saturated heterocycles. The van der Waals surface area contributed by atoms with E-state index in [0.29, 0.717) is 0 Å². The van der Waals surface area contributed by atoms with E-state index in [1.54, 1.807) is 0 Å². The third kappa shape index (κ3) is 2.57. The number of hydrogen-bond donors (Lipinski definition) is 1. The Labute approximate surface area is 153 Å². The third-order valence-electron chi connectivity index (χ3n) is 5.14. The van der Waals surface area contributed by atoms with E-state index < -0.39 is 6.10 Å². The van der Waals surface area contributed by atoms with Gasteiger partial charge in [0.05, 0.1) is 5.69 Å². The molecule has 0 aromatic heterocycles. The molecule has 1 atom stereocenters. The van der Waals surface area contributed by atoms with Gasteiger partial charge in [-0.05, 0) is 48.6 Å². The van der Waals surface area contributed by atoms with E-state index in [1.807, 2.05) is 55.5 Å². The summed E-state index contributed by atoms with van der Waals surface area (Å²) < 4.78 is 6.20. The summed E-state index contributed by atoms with van der Waals surface area (Å²) >= 11 is 0. The highest BCUT2D eigenvalue weighted by Crippen LogP contribution is 2.45. The van der Waals surface area contributed by atoms with Crippen molar-refractivity contribution in [1.29, 1.82) is 0 Å². The molecule has 1 unspecified atom stereocenters. The van der Waals surface area contributed by atoms with E-state index in [2.05, 4.69) is 31.3 Å². The fraction of sp³-hybridized carbons (Fsp3) is 0.174. The SMILES string of the molecule is Cc1c(C)c(-c2ccccc2)c(C)c2c1OC(c1ccccc1)C(=O)N2. The summed E-state index contributed by atoms with van der Waals surface area (Å²) in [5.74, 6) is 0.641. The van der Waals surface area contributed by atoms with E-state index in [-0.39, 0.29) is 5.91 Å². The van der Waals surface area contributed by atoms with Crippen molar-refractivity contribution in [2.75, 3.05) is 5.32 Å². The first kappa shape index (κ1) is 16.4. The maximum Gasteiger partial charge on any atom is 0.270 e. The van der Waals surface area contributed by atoms with Crippen LogP contribution in [0.4, 0.5) is 5.69 Å². The molecule has 130 valence electrons. The smallest absolute Gasteiger partial charge is 0.270 e. The van der Waals surface area contributed by atoms with Crippen molar-refractivity contribution in [3.63, 3.8) is 0 Å². The van der Waals surface area contributed by atoms with Gasteiger partial charge in [0.15, 0.2) is 0 Å². The molecule has 1 amide bonds. The van der Waals surface area contributed by atoms with Gasteiger partial charge in [-0.25, -0.2) is 0 Å². The summed E-state index contributed by atoms with van der Waals surface area (Å²) in [6, 6.07) is 19.9. The van der Waals surface area contributed by atoms with Crippen LogP contribution in [0.2, 0.25) is 0 Å². The topological polar surface area (TPSA) is 38.3 Å². The first-order valence-electron chi connectivity index (χ1n) is 8.79. The lowest BCUT2D eigenvalue weighted by Gasteiger charge is -2.31. The zero-order valence-corrected chi connectivity index (χ0v) is 15.2. The Bertz CT molecular complexity index is 978. The Balaban J connectivity index is 1.86. The predicted molar refractivity (Wildman–Crippen MR) is 105 cm³/mol. The van der Waals surface area contributed by atoms with Crippen LogP contribution in [-0.4, -0.2) is 5.91 Å². The molecular weight excluding hydrogens is 322 g/mol. The van der Waals surface area contributed by atoms with Crippen molar-refractivity contribution in [2.24, 2.45) is 0 Å². The minimum atomic E-state index is -0.622. The molecule has 1 N–H and O–H groups in total. The standard InChI is InChI=1S/C23H21NO2/c1-14-15(2)21-20(16(3)19(14)17-10-6-4-7-11-17)24-23(25)22(26-21)18-12-8-5-9-13-18/h4-13,22H,1-3H3,(H,24,25). The van der Waals surface area contributed by atoms with E-state index >= 15 is 0 Å². The summed E-state index contributed by atoms with van der Waals surface area (Å²) in [5, 5.41) is 3.09. The van der Waals surface area contributed by atoms with Gasteiger partial charge in [0.2, 0.25) is 6.10 Å². The van der Waals surface area contributed by atoms with Gasteiger partial charge in [-0.3, -0.25) is 4.79 Å². The molecule has 0 bridgehead atoms. The minimum Gasteiger partial charge on any atom is -0.473 e. The lowest BCUT2D eigenvalue weighted by molar-refractivity contribution is -0.123. The van der Waals surface area contributed by atoms with Gasteiger partial charge in [0.25, 0.3) is 5.91 Å². The normalized spacial score (nSPS) is 15.8. The number of amides is 1. The zero-order valence-electron chi connectivity index (χ0n) is 15.2. The van der Waals surface area contributed by atoms with Crippen molar-refractivity contribution in [3.05, 3.63) is 82.9 Å². The fourth-order valence-electron chi connectivity index (χ4n) is 3.66. The summed E-state index contributed by atoms with van der Waals surface area (Å²) in [6.45, 7) is 6.21. The van der Waals surface area contributed by atoms with Gasteiger partial charge < -0.3 is 10.1 Å². The van der Waals surface area contributed by atoms with Crippen LogP contribution in [-0.2, 0) is 4.79 Å².